The van der Waals surface area contributed by atoms with Gasteiger partial charge < -0.3 is 16.0 Å². The van der Waals surface area contributed by atoms with Crippen molar-refractivity contribution in [3.05, 3.63) is 46.2 Å². The topological polar surface area (TPSA) is 115 Å². The second-order valence-electron chi connectivity index (χ2n) is 6.48. The number of nitriles is 1. The molecule has 0 aliphatic heterocycles. The molecule has 2 aromatic heterocycles. The second-order valence-corrected chi connectivity index (χ2v) is 7.62. The average Bonchev–Trinajstić information content (AvgIpc) is 3.21. The summed E-state index contributed by atoms with van der Waals surface area (Å²) < 4.78 is 5.62. The molecule has 1 atom stereocenters. The molecule has 1 aromatic carbocycles. The van der Waals surface area contributed by atoms with E-state index in [4.69, 9.17) is 16.0 Å². The van der Waals surface area contributed by atoms with Crippen molar-refractivity contribution in [2.24, 2.45) is 0 Å². The van der Waals surface area contributed by atoms with Crippen LogP contribution >= 0.6 is 11.3 Å². The highest BCUT2D eigenvalue weighted by atomic mass is 32.1. The number of aromatic nitrogens is 2. The maximum Gasteiger partial charge on any atom is 0.237 e. The Morgan fingerprint density at radius 3 is 2.76 bits per heavy atom. The minimum Gasteiger partial charge on any atom is -0.399 e. The molecule has 1 aliphatic rings. The van der Waals surface area contributed by atoms with Crippen molar-refractivity contribution in [3.8, 4) is 17.5 Å². The van der Waals surface area contributed by atoms with Crippen molar-refractivity contribution in [2.75, 3.05) is 11.5 Å². The van der Waals surface area contributed by atoms with Crippen LogP contribution in [0.4, 0.5) is 10.7 Å². The Hall–Kier alpha value is -2.85. The third kappa shape index (κ3) is 2.37. The van der Waals surface area contributed by atoms with Crippen LogP contribution in [0.3, 0.4) is 0 Å². The van der Waals surface area contributed by atoms with Gasteiger partial charge in [-0.1, -0.05) is 5.16 Å². The van der Waals surface area contributed by atoms with E-state index >= 15 is 0 Å². The van der Waals surface area contributed by atoms with Gasteiger partial charge in [0, 0.05) is 21.7 Å². The van der Waals surface area contributed by atoms with Gasteiger partial charge in [-0.15, -0.1) is 11.3 Å². The monoisotopic (exact) mass is 351 g/mol. The Balaban J connectivity index is 1.81. The lowest BCUT2D eigenvalue weighted by Crippen LogP contribution is -2.29. The molecule has 4 N–H and O–H groups in total. The Labute approximate surface area is 149 Å². The normalized spacial score (nSPS) is 19.4. The van der Waals surface area contributed by atoms with Crippen LogP contribution in [0, 0.1) is 11.3 Å². The highest BCUT2D eigenvalue weighted by molar-refractivity contribution is 7.16. The van der Waals surface area contributed by atoms with Crippen molar-refractivity contribution in [1.82, 2.24) is 10.1 Å². The second kappa shape index (κ2) is 5.60. The third-order valence-corrected chi connectivity index (χ3v) is 5.90. The maximum atomic E-state index is 9.55. The lowest BCUT2D eigenvalue weighted by Gasteiger charge is -2.30. The molecule has 0 saturated heterocycles. The van der Waals surface area contributed by atoms with E-state index < -0.39 is 5.41 Å². The molecule has 7 heteroatoms. The Morgan fingerprint density at radius 2 is 2.04 bits per heavy atom. The molecule has 6 nitrogen and oxygen atoms in total. The lowest BCUT2D eigenvalue weighted by atomic mass is 9.72. The zero-order valence-corrected chi connectivity index (χ0v) is 14.6. The van der Waals surface area contributed by atoms with Crippen molar-refractivity contribution >= 4 is 22.0 Å². The molecule has 126 valence electrons. The number of rotatable bonds is 2. The molecule has 0 bridgehead atoms. The third-order valence-electron chi connectivity index (χ3n) is 4.82. The van der Waals surface area contributed by atoms with E-state index in [9.17, 15) is 5.26 Å². The predicted octanol–water partition coefficient (Wildman–Crippen LogP) is 3.48. The summed E-state index contributed by atoms with van der Waals surface area (Å²) in [6, 6.07) is 9.59. The first-order valence-corrected chi connectivity index (χ1v) is 8.86. The zero-order chi connectivity index (χ0) is 17.6. The molecule has 0 amide bonds. The molecule has 1 aliphatic carbocycles. The van der Waals surface area contributed by atoms with Gasteiger partial charge in [0.05, 0.1) is 11.0 Å². The quantitative estimate of drug-likeness (QED) is 0.683. The van der Waals surface area contributed by atoms with E-state index in [0.717, 1.165) is 35.3 Å². The summed E-state index contributed by atoms with van der Waals surface area (Å²) in [6.07, 6.45) is 2.77. The van der Waals surface area contributed by atoms with Crippen LogP contribution in [0.1, 0.15) is 41.7 Å². The highest BCUT2D eigenvalue weighted by Crippen LogP contribution is 2.48. The highest BCUT2D eigenvalue weighted by Gasteiger charge is 2.42. The van der Waals surface area contributed by atoms with E-state index in [-0.39, 0.29) is 0 Å². The van der Waals surface area contributed by atoms with Crippen LogP contribution in [0.25, 0.3) is 11.4 Å². The lowest BCUT2D eigenvalue weighted by molar-refractivity contribution is 0.300. The van der Waals surface area contributed by atoms with E-state index in [1.807, 2.05) is 12.1 Å². The summed E-state index contributed by atoms with van der Waals surface area (Å²) in [6.45, 7) is 2.05. The number of aryl methyl sites for hydroxylation is 1. The molecule has 25 heavy (non-hydrogen) atoms. The summed E-state index contributed by atoms with van der Waals surface area (Å²) in [5.74, 6) is 1.04. The Bertz CT molecular complexity index is 982. The number of hydrogen-bond donors (Lipinski definition) is 2. The molecular weight excluding hydrogens is 334 g/mol. The number of hydrogen-bond acceptors (Lipinski definition) is 7. The van der Waals surface area contributed by atoms with E-state index in [0.29, 0.717) is 28.0 Å². The Kier molecular flexibility index (Phi) is 3.51. The first kappa shape index (κ1) is 15.7. The molecule has 3 aromatic rings. The summed E-state index contributed by atoms with van der Waals surface area (Å²) in [5.41, 5.74) is 14.3. The summed E-state index contributed by atoms with van der Waals surface area (Å²) in [4.78, 5) is 5.77. The van der Waals surface area contributed by atoms with Gasteiger partial charge in [0.15, 0.2) is 0 Å². The number of fused-ring (bicyclic) bond motifs is 1. The van der Waals surface area contributed by atoms with Crippen molar-refractivity contribution in [3.63, 3.8) is 0 Å². The van der Waals surface area contributed by atoms with Gasteiger partial charge >= 0.3 is 0 Å². The number of nitrogens with zero attached hydrogens (tertiary/aromatic N) is 3. The van der Waals surface area contributed by atoms with Gasteiger partial charge in [-0.2, -0.15) is 10.2 Å². The van der Waals surface area contributed by atoms with Crippen LogP contribution in [0.15, 0.2) is 28.8 Å². The summed E-state index contributed by atoms with van der Waals surface area (Å²) >= 11 is 1.49. The fraction of sp³-hybridized carbons (Fsp3) is 0.278. The minimum atomic E-state index is -0.494. The van der Waals surface area contributed by atoms with E-state index in [1.54, 1.807) is 12.1 Å². The summed E-state index contributed by atoms with van der Waals surface area (Å²) in [7, 11) is 0. The smallest absolute Gasteiger partial charge is 0.237 e. The fourth-order valence-electron chi connectivity index (χ4n) is 3.51. The number of thiophene rings is 1. The van der Waals surface area contributed by atoms with Gasteiger partial charge in [-0.25, -0.2) is 0 Å². The Morgan fingerprint density at radius 1 is 1.28 bits per heavy atom. The standard InChI is InChI=1S/C18H17N5OS/c1-18(8-2-3-13-14(18)12(9-19)15(21)25-13)17-22-16(23-24-17)10-4-6-11(20)7-5-10/h4-7H,2-3,8,20-21H2,1H3/t18-/m0/s1. The van der Waals surface area contributed by atoms with Crippen LogP contribution in [0.5, 0.6) is 0 Å². The van der Waals surface area contributed by atoms with Gasteiger partial charge in [0.1, 0.15) is 11.1 Å². The van der Waals surface area contributed by atoms with Crippen molar-refractivity contribution in [1.29, 1.82) is 5.26 Å². The molecule has 0 unspecified atom stereocenters. The average molecular weight is 351 g/mol. The van der Waals surface area contributed by atoms with E-state index in [1.165, 1.54) is 11.3 Å². The molecule has 2 heterocycles. The largest absolute Gasteiger partial charge is 0.399 e. The SMILES string of the molecule is C[C@]1(c2nc(-c3ccc(N)cc3)no2)CCCc2sc(N)c(C#N)c21. The van der Waals surface area contributed by atoms with Gasteiger partial charge in [0.2, 0.25) is 11.7 Å². The maximum absolute atomic E-state index is 9.55. The summed E-state index contributed by atoms with van der Waals surface area (Å²) in [5, 5.41) is 14.3. The molecule has 0 saturated carbocycles. The fourth-order valence-corrected chi connectivity index (χ4v) is 4.70. The number of nitrogen functional groups attached to an aromatic ring is 2. The number of benzene rings is 1. The number of nitrogens with two attached hydrogens (primary N) is 2. The molecule has 0 fully saturated rings. The van der Waals surface area contributed by atoms with Gasteiger partial charge in [-0.3, -0.25) is 0 Å². The predicted molar refractivity (Wildman–Crippen MR) is 97.0 cm³/mol. The van der Waals surface area contributed by atoms with Crippen LogP contribution in [-0.2, 0) is 11.8 Å². The van der Waals surface area contributed by atoms with Crippen molar-refractivity contribution < 1.29 is 4.52 Å². The molecule has 4 rings (SSSR count). The van der Waals surface area contributed by atoms with E-state index in [2.05, 4.69) is 23.1 Å². The first-order valence-electron chi connectivity index (χ1n) is 8.05. The zero-order valence-electron chi connectivity index (χ0n) is 13.7. The molecule has 0 radical (unpaired) electrons. The first-order chi connectivity index (χ1) is 12.0. The van der Waals surface area contributed by atoms with Crippen LogP contribution in [0.2, 0.25) is 0 Å². The molecule has 0 spiro atoms. The van der Waals surface area contributed by atoms with Crippen LogP contribution < -0.4 is 11.5 Å². The van der Waals surface area contributed by atoms with Crippen LogP contribution in [-0.4, -0.2) is 10.1 Å². The number of anilines is 2. The van der Waals surface area contributed by atoms with Crippen molar-refractivity contribution in [2.45, 2.75) is 31.6 Å². The van der Waals surface area contributed by atoms with Gasteiger partial charge in [-0.05, 0) is 50.5 Å². The van der Waals surface area contributed by atoms with Gasteiger partial charge in [0.25, 0.3) is 0 Å². The minimum absolute atomic E-state index is 0.494. The molecular formula is C18H17N5OS.